The number of piperazine rings is 1. The van der Waals surface area contributed by atoms with Crippen LogP contribution in [0.25, 0.3) is 11.1 Å². The fourth-order valence-electron chi connectivity index (χ4n) is 4.27. The highest BCUT2D eigenvalue weighted by Gasteiger charge is 2.29. The van der Waals surface area contributed by atoms with Gasteiger partial charge in [0.15, 0.2) is 5.78 Å². The van der Waals surface area contributed by atoms with Crippen molar-refractivity contribution in [3.05, 3.63) is 75.2 Å². The second-order valence-corrected chi connectivity index (χ2v) is 8.73. The molecule has 3 aromatic rings. The summed E-state index contributed by atoms with van der Waals surface area (Å²) in [6.07, 6.45) is 0.974. The summed E-state index contributed by atoms with van der Waals surface area (Å²) < 4.78 is 0. The number of benzene rings is 2. The molecule has 5 rings (SSSR count). The minimum Gasteiger partial charge on any atom is -0.336 e. The maximum absolute atomic E-state index is 13.1. The van der Waals surface area contributed by atoms with E-state index in [1.54, 1.807) is 17.4 Å². The van der Waals surface area contributed by atoms with Crippen LogP contribution in [0.3, 0.4) is 0 Å². The molecule has 1 aliphatic carbocycles. The average molecular weight is 418 g/mol. The maximum Gasteiger partial charge on any atom is 0.253 e. The lowest BCUT2D eigenvalue weighted by Crippen LogP contribution is -2.48. The fourth-order valence-corrected chi connectivity index (χ4v) is 5.00. The Morgan fingerprint density at radius 3 is 2.47 bits per heavy atom. The highest BCUT2D eigenvalue weighted by molar-refractivity contribution is 7.09. The first-order valence-electron chi connectivity index (χ1n) is 10.4. The summed E-state index contributed by atoms with van der Waals surface area (Å²) in [6, 6.07) is 13.2. The third kappa shape index (κ3) is 3.36. The number of aromatic nitrogens is 1. The number of hydrogen-bond donors (Lipinski definition) is 0. The summed E-state index contributed by atoms with van der Waals surface area (Å²) in [4.78, 5) is 34.7. The van der Waals surface area contributed by atoms with Gasteiger partial charge in [0, 0.05) is 54.8 Å². The Kier molecular flexibility index (Phi) is 4.97. The molecule has 152 valence electrons. The van der Waals surface area contributed by atoms with Gasteiger partial charge in [0.05, 0.1) is 10.7 Å². The van der Waals surface area contributed by atoms with Crippen LogP contribution in [-0.4, -0.2) is 52.7 Å². The van der Waals surface area contributed by atoms with E-state index in [4.69, 9.17) is 0 Å². The molecular weight excluding hydrogens is 394 g/mol. The van der Waals surface area contributed by atoms with Crippen molar-refractivity contribution >= 4 is 23.0 Å². The standard InChI is InChI=1S/C24H23N3O2S/c1-2-22-25-17(15-30-22)14-26-9-11-27(12-10-26)24(29)16-7-8-19-18-5-3-4-6-20(18)23(28)21(19)13-16/h3-8,13,15H,2,9-12,14H2,1H3. The third-order valence-electron chi connectivity index (χ3n) is 5.92. The van der Waals surface area contributed by atoms with Gasteiger partial charge in [0.25, 0.3) is 5.91 Å². The summed E-state index contributed by atoms with van der Waals surface area (Å²) in [5.41, 5.74) is 4.95. The highest BCUT2D eigenvalue weighted by Crippen LogP contribution is 2.36. The molecule has 1 aliphatic heterocycles. The number of ketones is 1. The molecule has 2 heterocycles. The third-order valence-corrected chi connectivity index (χ3v) is 6.96. The van der Waals surface area contributed by atoms with E-state index < -0.39 is 0 Å². The van der Waals surface area contributed by atoms with Crippen LogP contribution in [-0.2, 0) is 13.0 Å². The summed E-state index contributed by atoms with van der Waals surface area (Å²) in [5.74, 6) is 0.0120. The summed E-state index contributed by atoms with van der Waals surface area (Å²) in [5, 5.41) is 3.31. The van der Waals surface area contributed by atoms with Crippen LogP contribution in [0.15, 0.2) is 47.8 Å². The zero-order chi connectivity index (χ0) is 20.7. The molecule has 0 bridgehead atoms. The lowest BCUT2D eigenvalue weighted by molar-refractivity contribution is 0.0627. The van der Waals surface area contributed by atoms with Gasteiger partial charge in [-0.2, -0.15) is 0 Å². The summed E-state index contributed by atoms with van der Waals surface area (Å²) in [7, 11) is 0. The molecule has 1 amide bonds. The number of fused-ring (bicyclic) bond motifs is 3. The number of carbonyl (C=O) groups excluding carboxylic acids is 2. The number of nitrogens with zero attached hydrogens (tertiary/aromatic N) is 3. The second-order valence-electron chi connectivity index (χ2n) is 7.79. The van der Waals surface area contributed by atoms with Crippen molar-refractivity contribution in [3.8, 4) is 11.1 Å². The Hall–Kier alpha value is -2.83. The smallest absolute Gasteiger partial charge is 0.253 e. The number of amides is 1. The number of thiazole rings is 1. The molecule has 0 N–H and O–H groups in total. The van der Waals surface area contributed by atoms with E-state index in [0.717, 1.165) is 48.4 Å². The molecule has 0 unspecified atom stereocenters. The largest absolute Gasteiger partial charge is 0.336 e. The summed E-state index contributed by atoms with van der Waals surface area (Å²) >= 11 is 1.72. The number of carbonyl (C=O) groups is 2. The van der Waals surface area contributed by atoms with Crippen LogP contribution < -0.4 is 0 Å². The van der Waals surface area contributed by atoms with Gasteiger partial charge in [0.1, 0.15) is 0 Å². The van der Waals surface area contributed by atoms with E-state index in [9.17, 15) is 9.59 Å². The van der Waals surface area contributed by atoms with Crippen molar-refractivity contribution in [2.45, 2.75) is 19.9 Å². The Bertz CT molecular complexity index is 1130. The lowest BCUT2D eigenvalue weighted by atomic mass is 10.0. The van der Waals surface area contributed by atoms with Gasteiger partial charge in [-0.15, -0.1) is 11.3 Å². The molecule has 1 fully saturated rings. The lowest BCUT2D eigenvalue weighted by Gasteiger charge is -2.34. The zero-order valence-corrected chi connectivity index (χ0v) is 17.7. The van der Waals surface area contributed by atoms with Crippen LogP contribution in [0, 0.1) is 0 Å². The van der Waals surface area contributed by atoms with Crippen molar-refractivity contribution in [3.63, 3.8) is 0 Å². The van der Waals surface area contributed by atoms with E-state index in [0.29, 0.717) is 24.2 Å². The van der Waals surface area contributed by atoms with Gasteiger partial charge in [-0.1, -0.05) is 37.3 Å². The number of hydrogen-bond acceptors (Lipinski definition) is 5. The molecule has 2 aromatic carbocycles. The monoisotopic (exact) mass is 417 g/mol. The molecule has 0 atom stereocenters. The van der Waals surface area contributed by atoms with E-state index in [1.165, 1.54) is 5.01 Å². The highest BCUT2D eigenvalue weighted by atomic mass is 32.1. The molecule has 0 saturated carbocycles. The number of aryl methyl sites for hydroxylation is 1. The van der Waals surface area contributed by atoms with Crippen LogP contribution in [0.1, 0.15) is 43.9 Å². The van der Waals surface area contributed by atoms with Crippen molar-refractivity contribution in [1.29, 1.82) is 0 Å². The van der Waals surface area contributed by atoms with Crippen LogP contribution >= 0.6 is 11.3 Å². The first kappa shape index (κ1) is 19.2. The minimum atomic E-state index is 0.00290. The fraction of sp³-hybridized carbons (Fsp3) is 0.292. The van der Waals surface area contributed by atoms with Crippen LogP contribution in [0.5, 0.6) is 0 Å². The number of rotatable bonds is 4. The van der Waals surface area contributed by atoms with Crippen LogP contribution in [0.2, 0.25) is 0 Å². The molecule has 30 heavy (non-hydrogen) atoms. The molecule has 2 aliphatic rings. The maximum atomic E-state index is 13.1. The van der Waals surface area contributed by atoms with E-state index >= 15 is 0 Å². The molecule has 0 spiro atoms. The predicted octanol–water partition coefficient (Wildman–Crippen LogP) is 3.87. The van der Waals surface area contributed by atoms with Gasteiger partial charge in [-0.25, -0.2) is 4.98 Å². The molecule has 1 aromatic heterocycles. The van der Waals surface area contributed by atoms with Crippen molar-refractivity contribution in [2.24, 2.45) is 0 Å². The quantitative estimate of drug-likeness (QED) is 0.506. The van der Waals surface area contributed by atoms with Crippen molar-refractivity contribution in [2.75, 3.05) is 26.2 Å². The van der Waals surface area contributed by atoms with Gasteiger partial charge < -0.3 is 4.90 Å². The van der Waals surface area contributed by atoms with Crippen molar-refractivity contribution in [1.82, 2.24) is 14.8 Å². The average Bonchev–Trinajstić information content (AvgIpc) is 3.36. The zero-order valence-electron chi connectivity index (χ0n) is 16.9. The van der Waals surface area contributed by atoms with Gasteiger partial charge >= 0.3 is 0 Å². The Labute approximate surface area is 180 Å². The van der Waals surface area contributed by atoms with Gasteiger partial charge in [-0.3, -0.25) is 14.5 Å². The van der Waals surface area contributed by atoms with E-state index in [1.807, 2.05) is 41.3 Å². The molecule has 6 heteroatoms. The predicted molar refractivity (Wildman–Crippen MR) is 118 cm³/mol. The molecule has 5 nitrogen and oxygen atoms in total. The summed E-state index contributed by atoms with van der Waals surface area (Å²) in [6.45, 7) is 6.01. The van der Waals surface area contributed by atoms with Crippen molar-refractivity contribution < 1.29 is 9.59 Å². The van der Waals surface area contributed by atoms with Gasteiger partial charge in [-0.05, 0) is 29.7 Å². The first-order valence-corrected chi connectivity index (χ1v) is 11.2. The Balaban J connectivity index is 1.26. The first-order chi connectivity index (χ1) is 14.6. The van der Waals surface area contributed by atoms with Gasteiger partial charge in [0.2, 0.25) is 0 Å². The molecule has 1 saturated heterocycles. The minimum absolute atomic E-state index is 0.00290. The molecular formula is C24H23N3O2S. The van der Waals surface area contributed by atoms with E-state index in [-0.39, 0.29) is 11.7 Å². The molecule has 0 radical (unpaired) electrons. The Morgan fingerprint density at radius 2 is 1.73 bits per heavy atom. The topological polar surface area (TPSA) is 53.5 Å². The Morgan fingerprint density at radius 1 is 1.00 bits per heavy atom. The SMILES string of the molecule is CCc1nc(CN2CCN(C(=O)c3ccc4c(c3)C(=O)c3ccccc3-4)CC2)cs1. The normalized spacial score (nSPS) is 15.9. The van der Waals surface area contributed by atoms with E-state index in [2.05, 4.69) is 22.2 Å². The second kappa shape index (κ2) is 7.78. The van der Waals surface area contributed by atoms with Crippen LogP contribution in [0.4, 0.5) is 0 Å².